The molecule has 0 spiro atoms. The Kier molecular flexibility index (Phi) is 5.62. The average molecular weight is 290 g/mol. The minimum absolute atomic E-state index is 0.121. The molecule has 0 heterocycles. The molecule has 0 radical (unpaired) electrons. The lowest BCUT2D eigenvalue weighted by atomic mass is 10.0. The van der Waals surface area contributed by atoms with Crippen LogP contribution in [0.15, 0.2) is 24.3 Å². The Morgan fingerprint density at radius 1 is 1.33 bits per heavy atom. The number of hydrogen-bond acceptors (Lipinski definition) is 3. The zero-order valence-corrected chi connectivity index (χ0v) is 13.2. The van der Waals surface area contributed by atoms with Crippen molar-refractivity contribution in [3.05, 3.63) is 29.8 Å². The molecule has 4 nitrogen and oxygen atoms in total. The normalized spacial score (nSPS) is 17.1. The van der Waals surface area contributed by atoms with E-state index >= 15 is 0 Å². The topological polar surface area (TPSA) is 50.4 Å². The van der Waals surface area contributed by atoms with Crippen molar-refractivity contribution in [3.8, 4) is 5.75 Å². The van der Waals surface area contributed by atoms with E-state index in [1.54, 1.807) is 7.11 Å². The molecule has 0 saturated heterocycles. The van der Waals surface area contributed by atoms with E-state index in [0.717, 1.165) is 12.3 Å². The van der Waals surface area contributed by atoms with E-state index in [-0.39, 0.29) is 18.0 Å². The molecule has 0 bridgehead atoms. The number of nitrogens with one attached hydrogen (secondary N) is 2. The van der Waals surface area contributed by atoms with Crippen LogP contribution in [0.4, 0.5) is 0 Å². The van der Waals surface area contributed by atoms with Crippen LogP contribution in [0.2, 0.25) is 0 Å². The number of benzene rings is 1. The Balaban J connectivity index is 1.97. The minimum Gasteiger partial charge on any atom is -0.497 e. The van der Waals surface area contributed by atoms with Gasteiger partial charge in [-0.2, -0.15) is 0 Å². The zero-order valence-electron chi connectivity index (χ0n) is 13.2. The van der Waals surface area contributed by atoms with Crippen LogP contribution in [0, 0.1) is 5.92 Å². The van der Waals surface area contributed by atoms with Crippen molar-refractivity contribution in [2.45, 2.75) is 45.2 Å². The highest BCUT2D eigenvalue weighted by molar-refractivity contribution is 5.77. The number of amides is 1. The van der Waals surface area contributed by atoms with E-state index in [4.69, 9.17) is 4.74 Å². The van der Waals surface area contributed by atoms with Crippen LogP contribution >= 0.6 is 0 Å². The predicted octanol–water partition coefficient (Wildman–Crippen LogP) is 2.65. The molecule has 0 aliphatic heterocycles. The van der Waals surface area contributed by atoms with Crippen LogP contribution in [-0.4, -0.2) is 25.6 Å². The average Bonchev–Trinajstić information content (AvgIpc) is 3.29. The van der Waals surface area contributed by atoms with Crippen molar-refractivity contribution in [2.24, 2.45) is 5.92 Å². The van der Waals surface area contributed by atoms with Gasteiger partial charge in [0.05, 0.1) is 13.2 Å². The quantitative estimate of drug-likeness (QED) is 0.774. The molecule has 1 fully saturated rings. The molecule has 4 heteroatoms. The number of carbonyl (C=O) groups excluding carboxylic acids is 1. The first kappa shape index (κ1) is 15.8. The number of methoxy groups -OCH3 is 1. The summed E-state index contributed by atoms with van der Waals surface area (Å²) in [5.41, 5.74) is 1.17. The summed E-state index contributed by atoms with van der Waals surface area (Å²) >= 11 is 0. The van der Waals surface area contributed by atoms with Crippen LogP contribution in [0.1, 0.15) is 44.7 Å². The standard InChI is InChI=1S/C17H26N2O2/c1-4-18-12(2)11-16(20)19-17(13-5-6-13)14-7-9-15(21-3)10-8-14/h7-10,12-13,17-18H,4-6,11H2,1-3H3,(H,19,20). The van der Waals surface area contributed by atoms with Gasteiger partial charge in [0.1, 0.15) is 5.75 Å². The van der Waals surface area contributed by atoms with E-state index in [0.29, 0.717) is 12.3 Å². The molecular formula is C17H26N2O2. The molecular weight excluding hydrogens is 264 g/mol. The van der Waals surface area contributed by atoms with Gasteiger partial charge in [0.2, 0.25) is 5.91 Å². The summed E-state index contributed by atoms with van der Waals surface area (Å²) in [5, 5.41) is 6.47. The largest absolute Gasteiger partial charge is 0.497 e. The van der Waals surface area contributed by atoms with Crippen LogP contribution in [0.3, 0.4) is 0 Å². The maximum atomic E-state index is 12.2. The third-order valence-electron chi connectivity index (χ3n) is 3.93. The lowest BCUT2D eigenvalue weighted by molar-refractivity contribution is -0.122. The summed E-state index contributed by atoms with van der Waals surface area (Å²) in [4.78, 5) is 12.2. The minimum atomic E-state index is 0.121. The number of hydrogen-bond donors (Lipinski definition) is 2. The number of carbonyl (C=O) groups is 1. The highest BCUT2D eigenvalue weighted by atomic mass is 16.5. The van der Waals surface area contributed by atoms with Crippen LogP contribution < -0.4 is 15.4 Å². The van der Waals surface area contributed by atoms with Crippen LogP contribution in [0.5, 0.6) is 5.75 Å². The number of rotatable bonds is 8. The second kappa shape index (κ2) is 7.46. The molecule has 1 amide bonds. The van der Waals surface area contributed by atoms with E-state index in [1.807, 2.05) is 19.1 Å². The highest BCUT2D eigenvalue weighted by Crippen LogP contribution is 2.41. The van der Waals surface area contributed by atoms with E-state index in [9.17, 15) is 4.79 Å². The zero-order chi connectivity index (χ0) is 15.2. The Labute approximate surface area is 127 Å². The molecule has 1 aromatic rings. The number of ether oxygens (including phenoxy) is 1. The Hall–Kier alpha value is -1.55. The van der Waals surface area contributed by atoms with Gasteiger partial charge in [-0.05, 0) is 49.9 Å². The predicted molar refractivity (Wildman–Crippen MR) is 84.4 cm³/mol. The molecule has 0 aromatic heterocycles. The van der Waals surface area contributed by atoms with E-state index < -0.39 is 0 Å². The van der Waals surface area contributed by atoms with Gasteiger partial charge < -0.3 is 15.4 Å². The molecule has 116 valence electrons. The first-order valence-electron chi connectivity index (χ1n) is 7.80. The third-order valence-corrected chi connectivity index (χ3v) is 3.93. The van der Waals surface area contributed by atoms with Crippen molar-refractivity contribution < 1.29 is 9.53 Å². The molecule has 1 aliphatic rings. The van der Waals surface area contributed by atoms with Gasteiger partial charge in [0.25, 0.3) is 0 Å². The fourth-order valence-corrected chi connectivity index (χ4v) is 2.65. The van der Waals surface area contributed by atoms with Crippen molar-refractivity contribution in [1.82, 2.24) is 10.6 Å². The van der Waals surface area contributed by atoms with Crippen LogP contribution in [-0.2, 0) is 4.79 Å². The molecule has 21 heavy (non-hydrogen) atoms. The van der Waals surface area contributed by atoms with Crippen molar-refractivity contribution in [1.29, 1.82) is 0 Å². The maximum absolute atomic E-state index is 12.2. The van der Waals surface area contributed by atoms with Gasteiger partial charge in [-0.3, -0.25) is 4.79 Å². The molecule has 1 saturated carbocycles. The first-order chi connectivity index (χ1) is 10.1. The van der Waals surface area contributed by atoms with Crippen LogP contribution in [0.25, 0.3) is 0 Å². The highest BCUT2D eigenvalue weighted by Gasteiger charge is 2.33. The van der Waals surface area contributed by atoms with E-state index in [1.165, 1.54) is 18.4 Å². The van der Waals surface area contributed by atoms with Gasteiger partial charge in [0, 0.05) is 12.5 Å². The first-order valence-corrected chi connectivity index (χ1v) is 7.80. The Morgan fingerprint density at radius 2 is 2.00 bits per heavy atom. The summed E-state index contributed by atoms with van der Waals surface area (Å²) in [6.45, 7) is 4.99. The molecule has 1 aliphatic carbocycles. The fraction of sp³-hybridized carbons (Fsp3) is 0.588. The van der Waals surface area contributed by atoms with Crippen molar-refractivity contribution >= 4 is 5.91 Å². The van der Waals surface area contributed by atoms with Crippen molar-refractivity contribution in [2.75, 3.05) is 13.7 Å². The molecule has 2 N–H and O–H groups in total. The summed E-state index contributed by atoms with van der Waals surface area (Å²) in [6.07, 6.45) is 2.91. The van der Waals surface area contributed by atoms with Gasteiger partial charge in [-0.1, -0.05) is 19.1 Å². The SMILES string of the molecule is CCNC(C)CC(=O)NC(c1ccc(OC)cc1)C1CC1. The second-order valence-corrected chi connectivity index (χ2v) is 5.82. The molecule has 2 atom stereocenters. The fourth-order valence-electron chi connectivity index (χ4n) is 2.65. The smallest absolute Gasteiger partial charge is 0.222 e. The van der Waals surface area contributed by atoms with Gasteiger partial charge >= 0.3 is 0 Å². The molecule has 2 rings (SSSR count). The second-order valence-electron chi connectivity index (χ2n) is 5.82. The van der Waals surface area contributed by atoms with Crippen molar-refractivity contribution in [3.63, 3.8) is 0 Å². The lowest BCUT2D eigenvalue weighted by Gasteiger charge is -2.20. The summed E-state index contributed by atoms with van der Waals surface area (Å²) in [5.74, 6) is 1.55. The summed E-state index contributed by atoms with van der Waals surface area (Å²) < 4.78 is 5.19. The van der Waals surface area contributed by atoms with E-state index in [2.05, 4.69) is 29.7 Å². The van der Waals surface area contributed by atoms with Gasteiger partial charge in [-0.15, -0.1) is 0 Å². The molecule has 1 aromatic carbocycles. The monoisotopic (exact) mass is 290 g/mol. The Bertz CT molecular complexity index is 454. The van der Waals surface area contributed by atoms with Gasteiger partial charge in [0.15, 0.2) is 0 Å². The molecule has 2 unspecified atom stereocenters. The Morgan fingerprint density at radius 3 is 2.52 bits per heavy atom. The van der Waals surface area contributed by atoms with Gasteiger partial charge in [-0.25, -0.2) is 0 Å². The summed E-state index contributed by atoms with van der Waals surface area (Å²) in [7, 11) is 1.66. The third kappa shape index (κ3) is 4.74. The summed E-state index contributed by atoms with van der Waals surface area (Å²) in [6, 6.07) is 8.37. The lowest BCUT2D eigenvalue weighted by Crippen LogP contribution is -2.36. The maximum Gasteiger partial charge on any atom is 0.222 e.